The Morgan fingerprint density at radius 3 is 2.36 bits per heavy atom. The van der Waals surface area contributed by atoms with Crippen LogP contribution in [0.1, 0.15) is 21.5 Å². The molecule has 3 nitrogen and oxygen atoms in total. The molecule has 0 fully saturated rings. The Balaban J connectivity index is 1.91. The molecule has 6 heteroatoms. The first-order chi connectivity index (χ1) is 10.4. The van der Waals surface area contributed by atoms with Crippen LogP contribution in [0.15, 0.2) is 48.5 Å². The Labute approximate surface area is 125 Å². The molecule has 0 amide bonds. The topological polar surface area (TPSA) is 49.3 Å². The van der Waals surface area contributed by atoms with Gasteiger partial charge in [0, 0.05) is 12.2 Å². The average molecular weight is 309 g/mol. The SMILES string of the molecule is O=C(O)c1cccc(NCCc2ccc(C(F)(F)F)cc2)c1. The van der Waals surface area contributed by atoms with Crippen LogP contribution in [0.5, 0.6) is 0 Å². The lowest BCUT2D eigenvalue weighted by Gasteiger charge is -2.09. The number of carbonyl (C=O) groups is 1. The van der Waals surface area contributed by atoms with Gasteiger partial charge in [0.15, 0.2) is 0 Å². The van der Waals surface area contributed by atoms with Crippen molar-refractivity contribution in [2.45, 2.75) is 12.6 Å². The van der Waals surface area contributed by atoms with Gasteiger partial charge in [-0.3, -0.25) is 0 Å². The predicted octanol–water partition coefficient (Wildman–Crippen LogP) is 4.06. The summed E-state index contributed by atoms with van der Waals surface area (Å²) in [5.74, 6) is -1.01. The third-order valence-electron chi connectivity index (χ3n) is 3.13. The van der Waals surface area contributed by atoms with Crippen LogP contribution < -0.4 is 5.32 Å². The first-order valence-electron chi connectivity index (χ1n) is 6.59. The van der Waals surface area contributed by atoms with Crippen molar-refractivity contribution in [3.05, 3.63) is 65.2 Å². The van der Waals surface area contributed by atoms with E-state index in [0.717, 1.165) is 17.7 Å². The molecule has 2 N–H and O–H groups in total. The fourth-order valence-corrected chi connectivity index (χ4v) is 1.97. The van der Waals surface area contributed by atoms with Gasteiger partial charge in [-0.1, -0.05) is 18.2 Å². The fraction of sp³-hybridized carbons (Fsp3) is 0.188. The normalized spacial score (nSPS) is 11.2. The standard InChI is InChI=1S/C16H14F3NO2/c17-16(18,19)13-6-4-11(5-7-13)8-9-20-14-3-1-2-12(10-14)15(21)22/h1-7,10,20H,8-9H2,(H,21,22). The van der Waals surface area contributed by atoms with Crippen molar-refractivity contribution in [2.24, 2.45) is 0 Å². The molecule has 2 aromatic carbocycles. The molecule has 22 heavy (non-hydrogen) atoms. The van der Waals surface area contributed by atoms with Gasteiger partial charge in [-0.05, 0) is 42.3 Å². The van der Waals surface area contributed by atoms with Crippen LogP contribution in [-0.4, -0.2) is 17.6 Å². The third-order valence-corrected chi connectivity index (χ3v) is 3.13. The monoisotopic (exact) mass is 309 g/mol. The zero-order chi connectivity index (χ0) is 16.2. The molecule has 116 valence electrons. The van der Waals surface area contributed by atoms with Crippen molar-refractivity contribution < 1.29 is 23.1 Å². The maximum absolute atomic E-state index is 12.4. The second-order valence-electron chi connectivity index (χ2n) is 4.76. The molecular formula is C16H14F3NO2. The number of nitrogens with one attached hydrogen (secondary N) is 1. The highest BCUT2D eigenvalue weighted by molar-refractivity contribution is 5.88. The van der Waals surface area contributed by atoms with Crippen molar-refractivity contribution in [3.8, 4) is 0 Å². The molecule has 0 saturated heterocycles. The summed E-state index contributed by atoms with van der Waals surface area (Å²) in [6.45, 7) is 0.494. The molecule has 0 unspecified atom stereocenters. The quantitative estimate of drug-likeness (QED) is 0.875. The minimum atomic E-state index is -4.33. The maximum Gasteiger partial charge on any atom is 0.416 e. The smallest absolute Gasteiger partial charge is 0.416 e. The number of benzene rings is 2. The van der Waals surface area contributed by atoms with Gasteiger partial charge < -0.3 is 10.4 Å². The summed E-state index contributed by atoms with van der Waals surface area (Å²) >= 11 is 0. The van der Waals surface area contributed by atoms with Crippen molar-refractivity contribution >= 4 is 11.7 Å². The van der Waals surface area contributed by atoms with Gasteiger partial charge in [-0.25, -0.2) is 4.79 Å². The second-order valence-corrected chi connectivity index (χ2v) is 4.76. The van der Waals surface area contributed by atoms with Crippen molar-refractivity contribution in [1.29, 1.82) is 0 Å². The van der Waals surface area contributed by atoms with Crippen molar-refractivity contribution in [1.82, 2.24) is 0 Å². The highest BCUT2D eigenvalue weighted by Crippen LogP contribution is 2.29. The van der Waals surface area contributed by atoms with Crippen LogP contribution >= 0.6 is 0 Å². The second kappa shape index (κ2) is 6.51. The number of carboxylic acids is 1. The van der Waals surface area contributed by atoms with E-state index in [2.05, 4.69) is 5.32 Å². The molecule has 0 spiro atoms. The summed E-state index contributed by atoms with van der Waals surface area (Å²) in [4.78, 5) is 10.8. The molecule has 2 aromatic rings. The molecule has 0 heterocycles. The first-order valence-corrected chi connectivity index (χ1v) is 6.59. The molecular weight excluding hydrogens is 295 g/mol. The van der Waals surface area contributed by atoms with E-state index >= 15 is 0 Å². The Morgan fingerprint density at radius 1 is 1.09 bits per heavy atom. The molecule has 0 saturated carbocycles. The molecule has 0 atom stereocenters. The van der Waals surface area contributed by atoms with Gasteiger partial charge >= 0.3 is 12.1 Å². The Bertz CT molecular complexity index is 651. The number of anilines is 1. The highest BCUT2D eigenvalue weighted by Gasteiger charge is 2.29. The summed E-state index contributed by atoms with van der Waals surface area (Å²) in [6, 6.07) is 11.4. The van der Waals surface area contributed by atoms with Crippen LogP contribution in [-0.2, 0) is 12.6 Å². The van der Waals surface area contributed by atoms with Gasteiger partial charge in [0.05, 0.1) is 11.1 Å². The summed E-state index contributed by atoms with van der Waals surface area (Å²) in [5.41, 5.74) is 0.944. The summed E-state index contributed by atoms with van der Waals surface area (Å²) in [6.07, 6.45) is -3.79. The number of hydrogen-bond acceptors (Lipinski definition) is 2. The lowest BCUT2D eigenvalue weighted by molar-refractivity contribution is -0.137. The van der Waals surface area contributed by atoms with Crippen LogP contribution in [0.2, 0.25) is 0 Å². The molecule has 0 aromatic heterocycles. The largest absolute Gasteiger partial charge is 0.478 e. The minimum Gasteiger partial charge on any atom is -0.478 e. The fourth-order valence-electron chi connectivity index (χ4n) is 1.97. The third kappa shape index (κ3) is 4.25. The zero-order valence-corrected chi connectivity index (χ0v) is 11.5. The predicted molar refractivity (Wildman–Crippen MR) is 77.0 cm³/mol. The van der Waals surface area contributed by atoms with Gasteiger partial charge in [-0.15, -0.1) is 0 Å². The lowest BCUT2D eigenvalue weighted by Crippen LogP contribution is -2.07. The van der Waals surface area contributed by atoms with Gasteiger partial charge in [-0.2, -0.15) is 13.2 Å². The maximum atomic E-state index is 12.4. The van der Waals surface area contributed by atoms with E-state index in [1.807, 2.05) is 0 Å². The Morgan fingerprint density at radius 2 is 1.77 bits per heavy atom. The number of alkyl halides is 3. The van der Waals surface area contributed by atoms with Crippen LogP contribution in [0.3, 0.4) is 0 Å². The average Bonchev–Trinajstić information content (AvgIpc) is 2.47. The highest BCUT2D eigenvalue weighted by atomic mass is 19.4. The van der Waals surface area contributed by atoms with Gasteiger partial charge in [0.1, 0.15) is 0 Å². The van der Waals surface area contributed by atoms with Crippen LogP contribution in [0.25, 0.3) is 0 Å². The van der Waals surface area contributed by atoms with Crippen LogP contribution in [0, 0.1) is 0 Å². The van der Waals surface area contributed by atoms with E-state index in [-0.39, 0.29) is 5.56 Å². The van der Waals surface area contributed by atoms with E-state index in [9.17, 15) is 18.0 Å². The van der Waals surface area contributed by atoms with E-state index in [4.69, 9.17) is 5.11 Å². The number of aromatic carboxylic acids is 1. The first kappa shape index (κ1) is 15.9. The molecule has 0 aliphatic carbocycles. The minimum absolute atomic E-state index is 0.180. The summed E-state index contributed by atoms with van der Waals surface area (Å²) in [7, 11) is 0. The number of carboxylic acid groups (broad SMARTS) is 1. The van der Waals surface area contributed by atoms with E-state index in [1.165, 1.54) is 24.3 Å². The summed E-state index contributed by atoms with van der Waals surface area (Å²) < 4.78 is 37.3. The number of halogens is 3. The van der Waals surface area contributed by atoms with Crippen molar-refractivity contribution in [3.63, 3.8) is 0 Å². The van der Waals surface area contributed by atoms with Gasteiger partial charge in [0.2, 0.25) is 0 Å². The zero-order valence-electron chi connectivity index (χ0n) is 11.5. The number of hydrogen-bond donors (Lipinski definition) is 2. The lowest BCUT2D eigenvalue weighted by atomic mass is 10.1. The number of rotatable bonds is 5. The molecule has 0 radical (unpaired) electrons. The van der Waals surface area contributed by atoms with E-state index in [1.54, 1.807) is 12.1 Å². The Kier molecular flexibility index (Phi) is 4.70. The molecule has 2 rings (SSSR count). The van der Waals surface area contributed by atoms with E-state index in [0.29, 0.717) is 18.7 Å². The molecule has 0 aliphatic rings. The molecule has 0 aliphatic heterocycles. The molecule has 0 bridgehead atoms. The van der Waals surface area contributed by atoms with Crippen molar-refractivity contribution in [2.75, 3.05) is 11.9 Å². The van der Waals surface area contributed by atoms with Crippen LogP contribution in [0.4, 0.5) is 18.9 Å². The van der Waals surface area contributed by atoms with E-state index < -0.39 is 17.7 Å². The summed E-state index contributed by atoms with van der Waals surface area (Å²) in [5, 5.41) is 11.9. The van der Waals surface area contributed by atoms with Gasteiger partial charge in [0.25, 0.3) is 0 Å². The Hall–Kier alpha value is -2.50.